The summed E-state index contributed by atoms with van der Waals surface area (Å²) < 4.78 is 5.83. The van der Waals surface area contributed by atoms with E-state index >= 15 is 0 Å². The fraction of sp³-hybridized carbons (Fsp3) is 0.294. The summed E-state index contributed by atoms with van der Waals surface area (Å²) in [6.07, 6.45) is 0.913. The van der Waals surface area contributed by atoms with E-state index in [1.54, 1.807) is 0 Å². The van der Waals surface area contributed by atoms with Gasteiger partial charge in [0.2, 0.25) is 0 Å². The molecule has 1 nitrogen and oxygen atoms in total. The number of ether oxygens (including phenoxy) is 1. The molecule has 0 aliphatic heterocycles. The number of alkyl halides is 1. The lowest BCUT2D eigenvalue weighted by Gasteiger charge is -2.10. The van der Waals surface area contributed by atoms with Crippen LogP contribution >= 0.6 is 11.6 Å². The van der Waals surface area contributed by atoms with Crippen molar-refractivity contribution in [2.45, 2.75) is 26.1 Å². The van der Waals surface area contributed by atoms with E-state index in [9.17, 15) is 0 Å². The first-order valence-electron chi connectivity index (χ1n) is 6.53. The zero-order chi connectivity index (χ0) is 13.7. The molecule has 0 aromatic heterocycles. The Labute approximate surface area is 120 Å². The molecule has 0 heterocycles. The third kappa shape index (κ3) is 4.00. The van der Waals surface area contributed by atoms with Crippen molar-refractivity contribution in [2.75, 3.05) is 6.61 Å². The van der Waals surface area contributed by atoms with Crippen LogP contribution < -0.4 is 4.74 Å². The van der Waals surface area contributed by atoms with Crippen molar-refractivity contribution in [3.8, 4) is 5.75 Å². The van der Waals surface area contributed by atoms with Gasteiger partial charge >= 0.3 is 0 Å². The maximum absolute atomic E-state index is 5.83. The van der Waals surface area contributed by atoms with Crippen LogP contribution in [0.4, 0.5) is 0 Å². The SMILES string of the molecule is Cc1ccc(OCCc2ccc(CCl)cc2)c(C)c1. The van der Waals surface area contributed by atoms with E-state index in [-0.39, 0.29) is 0 Å². The van der Waals surface area contributed by atoms with Crippen molar-refractivity contribution >= 4 is 11.6 Å². The van der Waals surface area contributed by atoms with Gasteiger partial charge in [-0.25, -0.2) is 0 Å². The van der Waals surface area contributed by atoms with E-state index in [4.69, 9.17) is 16.3 Å². The van der Waals surface area contributed by atoms with Gasteiger partial charge in [-0.3, -0.25) is 0 Å². The molecule has 0 radical (unpaired) electrons. The van der Waals surface area contributed by atoms with E-state index in [1.807, 2.05) is 6.07 Å². The van der Waals surface area contributed by atoms with Gasteiger partial charge in [0.05, 0.1) is 6.61 Å². The molecule has 0 saturated heterocycles. The van der Waals surface area contributed by atoms with Gasteiger partial charge in [-0.2, -0.15) is 0 Å². The van der Waals surface area contributed by atoms with Crippen LogP contribution in [0.5, 0.6) is 5.75 Å². The lowest BCUT2D eigenvalue weighted by Crippen LogP contribution is -2.02. The third-order valence-electron chi connectivity index (χ3n) is 3.16. The topological polar surface area (TPSA) is 9.23 Å². The summed E-state index contributed by atoms with van der Waals surface area (Å²) in [5.41, 5.74) is 4.89. The average molecular weight is 275 g/mol. The van der Waals surface area contributed by atoms with Crippen LogP contribution in [0.15, 0.2) is 42.5 Å². The van der Waals surface area contributed by atoms with Crippen LogP contribution in [-0.4, -0.2) is 6.61 Å². The minimum atomic E-state index is 0.569. The molecule has 0 spiro atoms. The third-order valence-corrected chi connectivity index (χ3v) is 3.46. The van der Waals surface area contributed by atoms with E-state index in [0.29, 0.717) is 12.5 Å². The fourth-order valence-corrected chi connectivity index (χ4v) is 2.21. The number of halogens is 1. The van der Waals surface area contributed by atoms with Gasteiger partial charge in [-0.05, 0) is 36.6 Å². The Kier molecular flexibility index (Phi) is 4.86. The Morgan fingerprint density at radius 2 is 1.63 bits per heavy atom. The van der Waals surface area contributed by atoms with Gasteiger partial charge < -0.3 is 4.74 Å². The standard InChI is InChI=1S/C17H19ClO/c1-13-3-8-17(14(2)11-13)19-10-9-15-4-6-16(12-18)7-5-15/h3-8,11H,9-10,12H2,1-2H3. The monoisotopic (exact) mass is 274 g/mol. The minimum absolute atomic E-state index is 0.569. The second kappa shape index (κ2) is 6.63. The van der Waals surface area contributed by atoms with Crippen LogP contribution in [0.1, 0.15) is 22.3 Å². The molecular weight excluding hydrogens is 256 g/mol. The number of aryl methyl sites for hydroxylation is 2. The van der Waals surface area contributed by atoms with Crippen molar-refractivity contribution in [2.24, 2.45) is 0 Å². The zero-order valence-corrected chi connectivity index (χ0v) is 12.2. The molecule has 0 fully saturated rings. The normalized spacial score (nSPS) is 10.5. The highest BCUT2D eigenvalue weighted by Gasteiger charge is 2.00. The highest BCUT2D eigenvalue weighted by molar-refractivity contribution is 6.17. The molecule has 0 amide bonds. The predicted molar refractivity (Wildman–Crippen MR) is 81.1 cm³/mol. The van der Waals surface area contributed by atoms with Crippen LogP contribution in [0.25, 0.3) is 0 Å². The average Bonchev–Trinajstić information content (AvgIpc) is 2.42. The Bertz CT molecular complexity index is 531. The lowest BCUT2D eigenvalue weighted by atomic mass is 10.1. The highest BCUT2D eigenvalue weighted by atomic mass is 35.5. The van der Waals surface area contributed by atoms with Crippen molar-refractivity contribution in [1.82, 2.24) is 0 Å². The number of rotatable bonds is 5. The molecule has 0 bridgehead atoms. The van der Waals surface area contributed by atoms with Gasteiger partial charge in [0.15, 0.2) is 0 Å². The molecule has 2 aromatic carbocycles. The fourth-order valence-electron chi connectivity index (χ4n) is 2.04. The summed E-state index contributed by atoms with van der Waals surface area (Å²) in [6.45, 7) is 4.87. The molecule has 0 unspecified atom stereocenters. The van der Waals surface area contributed by atoms with Gasteiger partial charge in [-0.15, -0.1) is 11.6 Å². The molecule has 0 N–H and O–H groups in total. The van der Waals surface area contributed by atoms with Crippen LogP contribution in [0.3, 0.4) is 0 Å². The lowest BCUT2D eigenvalue weighted by molar-refractivity contribution is 0.319. The maximum atomic E-state index is 5.83. The van der Waals surface area contributed by atoms with Gasteiger partial charge in [0.25, 0.3) is 0 Å². The van der Waals surface area contributed by atoms with Gasteiger partial charge in [0.1, 0.15) is 5.75 Å². The smallest absolute Gasteiger partial charge is 0.122 e. The van der Waals surface area contributed by atoms with E-state index in [1.165, 1.54) is 16.7 Å². The van der Waals surface area contributed by atoms with Crippen LogP contribution in [0, 0.1) is 13.8 Å². The molecule has 19 heavy (non-hydrogen) atoms. The maximum Gasteiger partial charge on any atom is 0.122 e. The highest BCUT2D eigenvalue weighted by Crippen LogP contribution is 2.19. The molecule has 0 aliphatic rings. The zero-order valence-electron chi connectivity index (χ0n) is 11.4. The number of benzene rings is 2. The Morgan fingerprint density at radius 1 is 0.947 bits per heavy atom. The molecule has 2 aromatic rings. The van der Waals surface area contributed by atoms with E-state index in [0.717, 1.165) is 17.7 Å². The van der Waals surface area contributed by atoms with Gasteiger partial charge in [-0.1, -0.05) is 42.0 Å². The largest absolute Gasteiger partial charge is 0.493 e. The van der Waals surface area contributed by atoms with Crippen LogP contribution in [-0.2, 0) is 12.3 Å². The second-order valence-electron chi connectivity index (χ2n) is 4.82. The van der Waals surface area contributed by atoms with Crippen molar-refractivity contribution in [1.29, 1.82) is 0 Å². The summed E-state index contributed by atoms with van der Waals surface area (Å²) in [7, 11) is 0. The first kappa shape index (κ1) is 14.0. The summed E-state index contributed by atoms with van der Waals surface area (Å²) in [5.74, 6) is 1.54. The molecule has 0 atom stereocenters. The number of hydrogen-bond donors (Lipinski definition) is 0. The second-order valence-corrected chi connectivity index (χ2v) is 5.08. The molecule has 2 rings (SSSR count). The molecule has 0 aliphatic carbocycles. The first-order chi connectivity index (χ1) is 9.19. The number of hydrogen-bond acceptors (Lipinski definition) is 1. The van der Waals surface area contributed by atoms with E-state index in [2.05, 4.69) is 50.2 Å². The Morgan fingerprint density at radius 3 is 2.26 bits per heavy atom. The Balaban J connectivity index is 1.88. The van der Waals surface area contributed by atoms with E-state index < -0.39 is 0 Å². The quantitative estimate of drug-likeness (QED) is 0.721. The van der Waals surface area contributed by atoms with Crippen LogP contribution in [0.2, 0.25) is 0 Å². The van der Waals surface area contributed by atoms with Crippen molar-refractivity contribution in [3.63, 3.8) is 0 Å². The molecular formula is C17H19ClO. The van der Waals surface area contributed by atoms with Crippen molar-refractivity contribution in [3.05, 3.63) is 64.7 Å². The summed E-state index contributed by atoms with van der Waals surface area (Å²) >= 11 is 5.77. The predicted octanol–water partition coefficient (Wildman–Crippen LogP) is 4.66. The summed E-state index contributed by atoms with van der Waals surface area (Å²) in [5, 5.41) is 0. The minimum Gasteiger partial charge on any atom is -0.493 e. The molecule has 2 heteroatoms. The Hall–Kier alpha value is -1.47. The summed E-state index contributed by atoms with van der Waals surface area (Å²) in [6, 6.07) is 14.6. The molecule has 0 saturated carbocycles. The van der Waals surface area contributed by atoms with Crippen molar-refractivity contribution < 1.29 is 4.74 Å². The first-order valence-corrected chi connectivity index (χ1v) is 7.06. The summed E-state index contributed by atoms with van der Waals surface area (Å²) in [4.78, 5) is 0. The van der Waals surface area contributed by atoms with Gasteiger partial charge in [0, 0.05) is 12.3 Å². The molecule has 100 valence electrons.